The molecule has 18 heavy (non-hydrogen) atoms. The van der Waals surface area contributed by atoms with Crippen LogP contribution in [0.2, 0.25) is 0 Å². The molecule has 0 heterocycles. The summed E-state index contributed by atoms with van der Waals surface area (Å²) in [7, 11) is 0. The van der Waals surface area contributed by atoms with Crippen molar-refractivity contribution in [1.82, 2.24) is 0 Å². The van der Waals surface area contributed by atoms with Crippen molar-refractivity contribution in [3.05, 3.63) is 29.8 Å². The molecule has 0 aromatic heterocycles. The molecule has 0 saturated carbocycles. The first kappa shape index (κ1) is 14.0. The molecule has 1 aromatic rings. The molecule has 0 aliphatic carbocycles. The first-order valence-corrected chi connectivity index (χ1v) is 4.89. The Labute approximate surface area is 100.0 Å². The number of ether oxygens (including phenoxy) is 1. The predicted octanol–water partition coefficient (Wildman–Crippen LogP) is 2.63. The van der Waals surface area contributed by atoms with Gasteiger partial charge in [0.05, 0.1) is 18.4 Å². The van der Waals surface area contributed by atoms with Gasteiger partial charge < -0.3 is 9.84 Å². The number of carbonyl (C=O) groups is 2. The van der Waals surface area contributed by atoms with E-state index in [0.717, 1.165) is 0 Å². The second-order valence-corrected chi connectivity index (χ2v) is 3.42. The number of carboxylic acids is 1. The average Bonchev–Trinajstić information content (AvgIpc) is 2.26. The molecule has 0 radical (unpaired) electrons. The van der Waals surface area contributed by atoms with Gasteiger partial charge in [0.1, 0.15) is 5.75 Å². The van der Waals surface area contributed by atoms with E-state index in [1.165, 1.54) is 24.3 Å². The number of carbonyl (C=O) groups excluding carboxylic acids is 1. The Morgan fingerprint density at radius 1 is 1.17 bits per heavy atom. The van der Waals surface area contributed by atoms with E-state index >= 15 is 0 Å². The van der Waals surface area contributed by atoms with Crippen molar-refractivity contribution < 1.29 is 32.6 Å². The maximum atomic E-state index is 11.8. The highest BCUT2D eigenvalue weighted by Gasteiger charge is 2.28. The smallest absolute Gasteiger partial charge is 0.389 e. The third-order valence-electron chi connectivity index (χ3n) is 1.95. The number of carboxylic acid groups (broad SMARTS) is 1. The Hall–Kier alpha value is -2.05. The summed E-state index contributed by atoms with van der Waals surface area (Å²) in [6.07, 6.45) is -6.44. The van der Waals surface area contributed by atoms with Crippen molar-refractivity contribution in [3.8, 4) is 5.75 Å². The Morgan fingerprint density at radius 3 is 2.17 bits per heavy atom. The lowest BCUT2D eigenvalue weighted by Gasteiger charge is -2.06. The van der Waals surface area contributed by atoms with Gasteiger partial charge in [-0.25, -0.2) is 4.79 Å². The lowest BCUT2D eigenvalue weighted by molar-refractivity contribution is -0.151. The van der Waals surface area contributed by atoms with Crippen molar-refractivity contribution in [2.45, 2.75) is 19.0 Å². The molecule has 0 fully saturated rings. The first-order chi connectivity index (χ1) is 8.28. The largest absolute Gasteiger partial charge is 0.478 e. The van der Waals surface area contributed by atoms with Gasteiger partial charge in [0.2, 0.25) is 0 Å². The van der Waals surface area contributed by atoms with E-state index in [1.807, 2.05) is 0 Å². The lowest BCUT2D eigenvalue weighted by atomic mass is 10.2. The van der Waals surface area contributed by atoms with Gasteiger partial charge in [0.15, 0.2) is 0 Å². The Morgan fingerprint density at radius 2 is 1.72 bits per heavy atom. The van der Waals surface area contributed by atoms with Gasteiger partial charge in [-0.15, -0.1) is 0 Å². The van der Waals surface area contributed by atoms with Gasteiger partial charge in [0.25, 0.3) is 0 Å². The monoisotopic (exact) mass is 262 g/mol. The van der Waals surface area contributed by atoms with E-state index in [1.54, 1.807) is 0 Å². The molecule has 0 atom stereocenters. The fraction of sp³-hybridized carbons (Fsp3) is 0.273. The van der Waals surface area contributed by atoms with Crippen molar-refractivity contribution in [1.29, 1.82) is 0 Å². The molecule has 98 valence electrons. The summed E-state index contributed by atoms with van der Waals surface area (Å²) in [5.41, 5.74) is -0.00918. The zero-order valence-electron chi connectivity index (χ0n) is 9.03. The van der Waals surface area contributed by atoms with Crippen molar-refractivity contribution in [3.63, 3.8) is 0 Å². The molecule has 0 unspecified atom stereocenters. The Kier molecular flexibility index (Phi) is 4.30. The summed E-state index contributed by atoms with van der Waals surface area (Å²) in [6.45, 7) is 0. The van der Waals surface area contributed by atoms with Crippen LogP contribution in [-0.2, 0) is 4.79 Å². The second kappa shape index (κ2) is 5.52. The van der Waals surface area contributed by atoms with E-state index in [0.29, 0.717) is 0 Å². The molecule has 0 spiro atoms. The molecule has 7 heteroatoms. The maximum absolute atomic E-state index is 11.8. The molecular weight excluding hydrogens is 253 g/mol. The Balaban J connectivity index is 2.52. The number of rotatable bonds is 4. The van der Waals surface area contributed by atoms with Crippen molar-refractivity contribution >= 4 is 11.9 Å². The minimum Gasteiger partial charge on any atom is -0.478 e. The molecule has 1 rings (SSSR count). The van der Waals surface area contributed by atoms with E-state index in [4.69, 9.17) is 5.11 Å². The van der Waals surface area contributed by atoms with Crippen molar-refractivity contribution in [2.24, 2.45) is 0 Å². The highest BCUT2D eigenvalue weighted by Crippen LogP contribution is 2.22. The van der Waals surface area contributed by atoms with E-state index in [-0.39, 0.29) is 11.3 Å². The van der Waals surface area contributed by atoms with Crippen LogP contribution >= 0.6 is 0 Å². The molecule has 0 aliphatic rings. The van der Waals surface area contributed by atoms with E-state index in [2.05, 4.69) is 4.74 Å². The molecule has 4 nitrogen and oxygen atoms in total. The van der Waals surface area contributed by atoms with Crippen LogP contribution < -0.4 is 4.74 Å². The Bertz CT molecular complexity index is 437. The van der Waals surface area contributed by atoms with E-state index in [9.17, 15) is 22.8 Å². The zero-order chi connectivity index (χ0) is 13.8. The molecular formula is C11H9F3O4. The van der Waals surface area contributed by atoms with Crippen LogP contribution in [0.15, 0.2) is 24.3 Å². The van der Waals surface area contributed by atoms with Gasteiger partial charge in [-0.1, -0.05) is 0 Å². The molecule has 0 saturated heterocycles. The number of esters is 1. The lowest BCUT2D eigenvalue weighted by Crippen LogP contribution is -2.14. The van der Waals surface area contributed by atoms with Crippen LogP contribution in [0.4, 0.5) is 13.2 Å². The van der Waals surface area contributed by atoms with Crippen LogP contribution in [0.3, 0.4) is 0 Å². The number of hydrogen-bond donors (Lipinski definition) is 1. The van der Waals surface area contributed by atoms with E-state index < -0.39 is 31.0 Å². The SMILES string of the molecule is O=C(CCC(F)(F)F)Oc1ccc(C(=O)O)cc1. The normalized spacial score (nSPS) is 11.1. The summed E-state index contributed by atoms with van der Waals surface area (Å²) in [6, 6.07) is 4.79. The first-order valence-electron chi connectivity index (χ1n) is 4.89. The number of hydrogen-bond acceptors (Lipinski definition) is 3. The number of aromatic carboxylic acids is 1. The molecule has 0 bridgehead atoms. The van der Waals surface area contributed by atoms with Crippen LogP contribution in [0.1, 0.15) is 23.2 Å². The highest BCUT2D eigenvalue weighted by atomic mass is 19.4. The number of alkyl halides is 3. The fourth-order valence-electron chi connectivity index (χ4n) is 1.09. The molecule has 1 aromatic carbocycles. The van der Waals surface area contributed by atoms with Crippen molar-refractivity contribution in [2.75, 3.05) is 0 Å². The summed E-state index contributed by atoms with van der Waals surface area (Å²) in [5.74, 6) is -2.16. The van der Waals surface area contributed by atoms with Gasteiger partial charge >= 0.3 is 18.1 Å². The van der Waals surface area contributed by atoms with Gasteiger partial charge in [-0.3, -0.25) is 4.79 Å². The third kappa shape index (κ3) is 4.86. The standard InChI is InChI=1S/C11H9F3O4/c12-11(13,14)6-5-9(15)18-8-3-1-7(2-4-8)10(16)17/h1-4H,5-6H2,(H,16,17). The van der Waals surface area contributed by atoms with Crippen LogP contribution in [0.5, 0.6) is 5.75 Å². The maximum Gasteiger partial charge on any atom is 0.389 e. The fourth-order valence-corrected chi connectivity index (χ4v) is 1.09. The quantitative estimate of drug-likeness (QED) is 0.669. The number of benzene rings is 1. The molecule has 0 aliphatic heterocycles. The second-order valence-electron chi connectivity index (χ2n) is 3.42. The topological polar surface area (TPSA) is 63.6 Å². The third-order valence-corrected chi connectivity index (χ3v) is 1.95. The van der Waals surface area contributed by atoms with Gasteiger partial charge in [-0.05, 0) is 24.3 Å². The van der Waals surface area contributed by atoms with Gasteiger partial charge in [0, 0.05) is 0 Å². The summed E-state index contributed by atoms with van der Waals surface area (Å²) >= 11 is 0. The zero-order valence-corrected chi connectivity index (χ0v) is 9.03. The van der Waals surface area contributed by atoms with Crippen LogP contribution in [0, 0.1) is 0 Å². The van der Waals surface area contributed by atoms with Crippen LogP contribution in [-0.4, -0.2) is 23.2 Å². The summed E-state index contributed by atoms with van der Waals surface area (Å²) < 4.78 is 40.1. The highest BCUT2D eigenvalue weighted by molar-refractivity contribution is 5.87. The molecule has 0 amide bonds. The van der Waals surface area contributed by atoms with Crippen LogP contribution in [0.25, 0.3) is 0 Å². The minimum absolute atomic E-state index is 0.00664. The minimum atomic E-state index is -4.41. The average molecular weight is 262 g/mol. The predicted molar refractivity (Wildman–Crippen MR) is 54.3 cm³/mol. The molecule has 1 N–H and O–H groups in total. The summed E-state index contributed by atoms with van der Waals surface area (Å²) in [4.78, 5) is 21.6. The summed E-state index contributed by atoms with van der Waals surface area (Å²) in [5, 5.41) is 8.60. The van der Waals surface area contributed by atoms with Gasteiger partial charge in [-0.2, -0.15) is 13.2 Å². The number of halogens is 3.